The molecular formula is C5H5BF2. The Balaban J connectivity index is 1.96. The van der Waals surface area contributed by atoms with E-state index in [1.54, 1.807) is 0 Å². The second-order valence-electron chi connectivity index (χ2n) is 2.61. The minimum absolute atomic E-state index is 0.0613. The summed E-state index contributed by atoms with van der Waals surface area (Å²) in [6, 6.07) is 0. The van der Waals surface area contributed by atoms with Crippen LogP contribution in [-0.4, -0.2) is 7.27 Å². The van der Waals surface area contributed by atoms with Crippen LogP contribution in [0.5, 0.6) is 0 Å². The van der Waals surface area contributed by atoms with Gasteiger partial charge in [0.05, 0.1) is 0 Å². The molecule has 0 aromatic rings. The lowest BCUT2D eigenvalue weighted by Gasteiger charge is -1.83. The zero-order chi connectivity index (χ0) is 5.78. The van der Waals surface area contributed by atoms with Crippen LogP contribution in [-0.2, 0) is 0 Å². The average Bonchev–Trinajstić information content (AvgIpc) is 2.50. The fourth-order valence-corrected chi connectivity index (χ4v) is 1.16. The first-order chi connectivity index (χ1) is 3.75. The molecule has 0 heterocycles. The van der Waals surface area contributed by atoms with Crippen LogP contribution in [0, 0.1) is 11.8 Å². The van der Waals surface area contributed by atoms with Crippen molar-refractivity contribution in [1.82, 2.24) is 0 Å². The first-order valence-corrected chi connectivity index (χ1v) is 2.80. The lowest BCUT2D eigenvalue weighted by atomic mass is 9.88. The van der Waals surface area contributed by atoms with Crippen LogP contribution in [0.15, 0.2) is 0 Å². The Hall–Kier alpha value is -0.0751. The molecule has 2 rings (SSSR count). The van der Waals surface area contributed by atoms with Crippen LogP contribution in [0.4, 0.5) is 8.63 Å². The van der Waals surface area contributed by atoms with Crippen molar-refractivity contribution in [3.63, 3.8) is 0 Å². The third-order valence-corrected chi connectivity index (χ3v) is 2.00. The maximum Gasteiger partial charge on any atom is 0.542 e. The van der Waals surface area contributed by atoms with Gasteiger partial charge in [0.25, 0.3) is 0 Å². The Morgan fingerprint density at radius 1 is 1.50 bits per heavy atom. The van der Waals surface area contributed by atoms with E-state index < -0.39 is 13.1 Å². The molecule has 2 saturated carbocycles. The van der Waals surface area contributed by atoms with Gasteiger partial charge in [0.1, 0.15) is 0 Å². The predicted octanol–water partition coefficient (Wildman–Crippen LogP) is 1.66. The lowest BCUT2D eigenvalue weighted by molar-refractivity contribution is 0.638. The van der Waals surface area contributed by atoms with Crippen molar-refractivity contribution < 1.29 is 8.63 Å². The molecule has 0 nitrogen and oxygen atoms in total. The summed E-state index contributed by atoms with van der Waals surface area (Å²) in [5.74, 6) is -0.456. The van der Waals surface area contributed by atoms with Crippen LogP contribution in [0.25, 0.3) is 0 Å². The molecule has 1 unspecified atom stereocenters. The lowest BCUT2D eigenvalue weighted by Crippen LogP contribution is -1.95. The van der Waals surface area contributed by atoms with E-state index in [2.05, 4.69) is 6.42 Å². The smallest absolute Gasteiger partial charge is 0.287 e. The van der Waals surface area contributed by atoms with Gasteiger partial charge in [0.2, 0.25) is 0 Å². The highest BCUT2D eigenvalue weighted by Gasteiger charge is 2.68. The molecule has 8 heavy (non-hydrogen) atoms. The van der Waals surface area contributed by atoms with E-state index >= 15 is 0 Å². The third-order valence-electron chi connectivity index (χ3n) is 2.00. The normalized spacial score (nSPS) is 37.5. The van der Waals surface area contributed by atoms with Gasteiger partial charge in [-0.1, -0.05) is 0 Å². The van der Waals surface area contributed by atoms with E-state index in [-0.39, 0.29) is 5.41 Å². The highest BCUT2D eigenvalue weighted by Crippen LogP contribution is 2.74. The minimum atomic E-state index is -2.14. The van der Waals surface area contributed by atoms with Crippen molar-refractivity contribution in [3.8, 4) is 0 Å². The van der Waals surface area contributed by atoms with E-state index in [0.717, 1.165) is 12.8 Å². The SMILES string of the molecule is FB(F)C1[C]C12CC2. The van der Waals surface area contributed by atoms with E-state index in [0.29, 0.717) is 0 Å². The number of rotatable bonds is 1. The van der Waals surface area contributed by atoms with Crippen molar-refractivity contribution in [2.75, 3.05) is 0 Å². The highest BCUT2D eigenvalue weighted by atomic mass is 19.2. The highest BCUT2D eigenvalue weighted by molar-refractivity contribution is 6.47. The summed E-state index contributed by atoms with van der Waals surface area (Å²) in [5, 5.41) is 0. The van der Waals surface area contributed by atoms with Gasteiger partial charge < -0.3 is 0 Å². The average molecular weight is 114 g/mol. The summed E-state index contributed by atoms with van der Waals surface area (Å²) in [7, 11) is -2.14. The van der Waals surface area contributed by atoms with Crippen molar-refractivity contribution >= 4 is 7.27 Å². The molecule has 0 saturated heterocycles. The zero-order valence-corrected chi connectivity index (χ0v) is 4.32. The molecule has 42 valence electrons. The van der Waals surface area contributed by atoms with Gasteiger partial charge in [-0.05, 0) is 24.7 Å². The minimum Gasteiger partial charge on any atom is -0.287 e. The summed E-state index contributed by atoms with van der Waals surface area (Å²) in [6.45, 7) is 0. The van der Waals surface area contributed by atoms with Gasteiger partial charge in [-0.2, -0.15) is 0 Å². The van der Waals surface area contributed by atoms with Gasteiger partial charge in [-0.15, -0.1) is 0 Å². The molecule has 2 aliphatic carbocycles. The van der Waals surface area contributed by atoms with Crippen LogP contribution < -0.4 is 0 Å². The molecule has 2 fully saturated rings. The molecule has 0 aromatic heterocycles. The van der Waals surface area contributed by atoms with E-state index in [9.17, 15) is 8.63 Å². The van der Waals surface area contributed by atoms with Crippen molar-refractivity contribution in [1.29, 1.82) is 0 Å². The summed E-state index contributed by atoms with van der Waals surface area (Å²) in [4.78, 5) is 0. The first kappa shape index (κ1) is 4.77. The molecule has 0 aromatic carbocycles. The van der Waals surface area contributed by atoms with E-state index in [1.807, 2.05) is 0 Å². The monoisotopic (exact) mass is 114 g/mol. The molecule has 3 heteroatoms. The molecule has 0 N–H and O–H groups in total. The Morgan fingerprint density at radius 3 is 2.25 bits per heavy atom. The number of hydrogen-bond acceptors (Lipinski definition) is 0. The fourth-order valence-electron chi connectivity index (χ4n) is 1.16. The van der Waals surface area contributed by atoms with Gasteiger partial charge >= 0.3 is 7.27 Å². The van der Waals surface area contributed by atoms with Crippen LogP contribution >= 0.6 is 0 Å². The molecule has 2 aliphatic rings. The molecule has 0 bridgehead atoms. The van der Waals surface area contributed by atoms with E-state index in [1.165, 1.54) is 0 Å². The van der Waals surface area contributed by atoms with Crippen LogP contribution in [0.3, 0.4) is 0 Å². The largest absolute Gasteiger partial charge is 0.542 e. The van der Waals surface area contributed by atoms with Gasteiger partial charge in [0.15, 0.2) is 0 Å². The Kier molecular flexibility index (Phi) is 0.651. The van der Waals surface area contributed by atoms with Crippen LogP contribution in [0.1, 0.15) is 12.8 Å². The molecule has 1 atom stereocenters. The molecule has 2 radical (unpaired) electrons. The second kappa shape index (κ2) is 1.09. The fraction of sp³-hybridized carbons (Fsp3) is 0.800. The number of hydrogen-bond donors (Lipinski definition) is 0. The summed E-state index contributed by atoms with van der Waals surface area (Å²) in [5.41, 5.74) is -0.0613. The van der Waals surface area contributed by atoms with Gasteiger partial charge in [0, 0.05) is 5.82 Å². The molecule has 0 amide bonds. The molecular weight excluding hydrogens is 109 g/mol. The Labute approximate surface area is 47.4 Å². The summed E-state index contributed by atoms with van der Waals surface area (Å²) >= 11 is 0. The predicted molar refractivity (Wildman–Crippen MR) is 26.6 cm³/mol. The first-order valence-electron chi connectivity index (χ1n) is 2.80. The third kappa shape index (κ3) is 0.447. The molecule has 0 aliphatic heterocycles. The van der Waals surface area contributed by atoms with E-state index in [4.69, 9.17) is 0 Å². The zero-order valence-electron chi connectivity index (χ0n) is 4.32. The standard InChI is InChI=1S/C5H5BF2/c7-6(8)4-3-5(4)1-2-5/h4H,1-2H2. The maximum atomic E-state index is 11.7. The van der Waals surface area contributed by atoms with Crippen molar-refractivity contribution in [2.24, 2.45) is 5.41 Å². The summed E-state index contributed by atoms with van der Waals surface area (Å²) < 4.78 is 23.4. The summed E-state index contributed by atoms with van der Waals surface area (Å²) in [6.07, 6.45) is 4.69. The maximum absolute atomic E-state index is 11.7. The second-order valence-corrected chi connectivity index (χ2v) is 2.61. The Morgan fingerprint density at radius 2 is 2.12 bits per heavy atom. The number of halogens is 2. The van der Waals surface area contributed by atoms with Crippen LogP contribution in [0.2, 0.25) is 5.82 Å². The van der Waals surface area contributed by atoms with Gasteiger partial charge in [-0.25, -0.2) is 0 Å². The Bertz CT molecular complexity index is 120. The van der Waals surface area contributed by atoms with Gasteiger partial charge in [-0.3, -0.25) is 8.63 Å². The topological polar surface area (TPSA) is 0 Å². The quantitative estimate of drug-likeness (QED) is 0.454. The van der Waals surface area contributed by atoms with Crippen molar-refractivity contribution in [3.05, 3.63) is 6.42 Å². The molecule has 1 spiro atoms. The van der Waals surface area contributed by atoms with Crippen molar-refractivity contribution in [2.45, 2.75) is 18.7 Å².